The lowest BCUT2D eigenvalue weighted by Gasteiger charge is -2.23. The number of aliphatic hydroxyl groups excluding tert-OH is 1. The van der Waals surface area contributed by atoms with Crippen LogP contribution in [0.3, 0.4) is 0 Å². The average Bonchev–Trinajstić information content (AvgIpc) is 2.44. The van der Waals surface area contributed by atoms with Crippen LogP contribution in [-0.4, -0.2) is 24.4 Å². The maximum absolute atomic E-state index is 12.8. The first-order valence-corrected chi connectivity index (χ1v) is 6.89. The summed E-state index contributed by atoms with van der Waals surface area (Å²) < 4.78 is 43.5. The second-order valence-electron chi connectivity index (χ2n) is 5.23. The van der Waals surface area contributed by atoms with Gasteiger partial charge in [0, 0.05) is 6.04 Å². The van der Waals surface area contributed by atoms with Crippen LogP contribution >= 0.6 is 0 Å². The summed E-state index contributed by atoms with van der Waals surface area (Å²) in [5, 5.41) is 9.95. The van der Waals surface area contributed by atoms with Gasteiger partial charge in [-0.05, 0) is 42.5 Å². The van der Waals surface area contributed by atoms with E-state index in [-0.39, 0.29) is 18.4 Å². The number of hydrogen-bond donors (Lipinski definition) is 2. The molecule has 0 amide bonds. The molecule has 0 radical (unpaired) electrons. The summed E-state index contributed by atoms with van der Waals surface area (Å²) >= 11 is 0. The Balaban J connectivity index is 3.03. The quantitative estimate of drug-likeness (QED) is 0.848. The number of alkyl halides is 3. The third-order valence-electron chi connectivity index (χ3n) is 3.65. The van der Waals surface area contributed by atoms with Gasteiger partial charge in [-0.2, -0.15) is 13.2 Å². The van der Waals surface area contributed by atoms with Crippen LogP contribution in [0.1, 0.15) is 43.7 Å². The Labute approximate surface area is 122 Å². The number of aliphatic hydroxyl groups is 1. The molecule has 3 unspecified atom stereocenters. The van der Waals surface area contributed by atoms with E-state index >= 15 is 0 Å². The first-order valence-electron chi connectivity index (χ1n) is 6.89. The molecule has 21 heavy (non-hydrogen) atoms. The van der Waals surface area contributed by atoms with Gasteiger partial charge in [0.1, 0.15) is 5.75 Å². The fourth-order valence-corrected chi connectivity index (χ4v) is 2.23. The van der Waals surface area contributed by atoms with Crippen molar-refractivity contribution in [3.05, 3.63) is 29.3 Å². The smallest absolute Gasteiger partial charge is 0.416 e. The van der Waals surface area contributed by atoms with Gasteiger partial charge < -0.3 is 15.6 Å². The molecular formula is C15H22F3NO2. The van der Waals surface area contributed by atoms with Crippen LogP contribution in [0.25, 0.3) is 0 Å². The van der Waals surface area contributed by atoms with E-state index in [1.165, 1.54) is 13.2 Å². The average molecular weight is 305 g/mol. The minimum absolute atomic E-state index is 0.284. The van der Waals surface area contributed by atoms with Crippen molar-refractivity contribution in [1.82, 2.24) is 0 Å². The molecule has 3 nitrogen and oxygen atoms in total. The number of hydrogen-bond acceptors (Lipinski definition) is 3. The highest BCUT2D eigenvalue weighted by Crippen LogP contribution is 2.36. The van der Waals surface area contributed by atoms with E-state index in [1.54, 1.807) is 6.92 Å². The Morgan fingerprint density at radius 1 is 1.33 bits per heavy atom. The van der Waals surface area contributed by atoms with Crippen molar-refractivity contribution in [2.75, 3.05) is 7.11 Å². The second-order valence-corrected chi connectivity index (χ2v) is 5.23. The van der Waals surface area contributed by atoms with E-state index in [4.69, 9.17) is 10.5 Å². The molecule has 0 fully saturated rings. The van der Waals surface area contributed by atoms with Crippen molar-refractivity contribution in [2.45, 2.75) is 50.9 Å². The summed E-state index contributed by atoms with van der Waals surface area (Å²) in [7, 11) is 1.41. The Bertz CT molecular complexity index is 463. The predicted octanol–water partition coefficient (Wildman–Crippen LogP) is 3.31. The Hall–Kier alpha value is -1.27. The molecular weight excluding hydrogens is 283 g/mol. The lowest BCUT2D eigenvalue weighted by Crippen LogP contribution is -2.34. The molecule has 0 saturated heterocycles. The maximum Gasteiger partial charge on any atom is 0.416 e. The maximum atomic E-state index is 12.8. The van der Waals surface area contributed by atoms with Crippen molar-refractivity contribution in [1.29, 1.82) is 0 Å². The molecule has 3 N–H and O–H groups in total. The van der Waals surface area contributed by atoms with E-state index in [0.29, 0.717) is 17.7 Å². The molecule has 1 aromatic rings. The molecule has 0 saturated carbocycles. The van der Waals surface area contributed by atoms with Crippen molar-refractivity contribution in [3.63, 3.8) is 0 Å². The van der Waals surface area contributed by atoms with Gasteiger partial charge in [-0.25, -0.2) is 0 Å². The molecule has 0 heterocycles. The largest absolute Gasteiger partial charge is 0.496 e. The molecule has 0 aromatic heterocycles. The van der Waals surface area contributed by atoms with Crippen LogP contribution in [0.4, 0.5) is 13.2 Å². The highest BCUT2D eigenvalue weighted by Gasteiger charge is 2.32. The fraction of sp³-hybridized carbons (Fsp3) is 0.600. The zero-order chi connectivity index (χ0) is 16.2. The summed E-state index contributed by atoms with van der Waals surface area (Å²) in [6, 6.07) is 2.99. The third-order valence-corrected chi connectivity index (χ3v) is 3.65. The van der Waals surface area contributed by atoms with Gasteiger partial charge >= 0.3 is 6.18 Å². The first-order chi connectivity index (χ1) is 9.70. The van der Waals surface area contributed by atoms with Gasteiger partial charge in [-0.15, -0.1) is 0 Å². The minimum atomic E-state index is -4.40. The number of methoxy groups -OCH3 is 1. The standard InChI is InChI=1S/C15H22F3NO2/c1-4-12(19)13(20)7-9(2)11-8-10(15(16,17)18)5-6-14(11)21-3/h5-6,8-9,12-13,20H,4,7,19H2,1-3H3. The summed E-state index contributed by atoms with van der Waals surface area (Å²) in [6.07, 6.45) is -4.27. The van der Waals surface area contributed by atoms with E-state index in [1.807, 2.05) is 6.92 Å². The SMILES string of the molecule is CCC(N)C(O)CC(C)c1cc(C(F)(F)F)ccc1OC. The normalized spacial score (nSPS) is 16.4. The van der Waals surface area contributed by atoms with Crippen molar-refractivity contribution in [3.8, 4) is 5.75 Å². The minimum Gasteiger partial charge on any atom is -0.496 e. The highest BCUT2D eigenvalue weighted by molar-refractivity contribution is 5.40. The van der Waals surface area contributed by atoms with E-state index in [2.05, 4.69) is 0 Å². The van der Waals surface area contributed by atoms with E-state index < -0.39 is 17.8 Å². The molecule has 0 spiro atoms. The second kappa shape index (κ2) is 7.13. The van der Waals surface area contributed by atoms with Gasteiger partial charge in [0.05, 0.1) is 18.8 Å². The molecule has 1 aromatic carbocycles. The monoisotopic (exact) mass is 305 g/mol. The lowest BCUT2D eigenvalue weighted by atomic mass is 9.90. The van der Waals surface area contributed by atoms with Crippen LogP contribution in [0, 0.1) is 0 Å². The molecule has 0 bridgehead atoms. The van der Waals surface area contributed by atoms with Gasteiger partial charge in [-0.3, -0.25) is 0 Å². The van der Waals surface area contributed by atoms with Crippen LogP contribution < -0.4 is 10.5 Å². The number of benzene rings is 1. The molecule has 0 aliphatic heterocycles. The summed E-state index contributed by atoms with van der Waals surface area (Å²) in [6.45, 7) is 3.60. The molecule has 6 heteroatoms. The number of rotatable bonds is 6. The highest BCUT2D eigenvalue weighted by atomic mass is 19.4. The molecule has 1 rings (SSSR count). The molecule has 3 atom stereocenters. The molecule has 120 valence electrons. The van der Waals surface area contributed by atoms with Crippen LogP contribution in [0.15, 0.2) is 18.2 Å². The van der Waals surface area contributed by atoms with Crippen molar-refractivity contribution < 1.29 is 23.0 Å². The Morgan fingerprint density at radius 3 is 2.43 bits per heavy atom. The van der Waals surface area contributed by atoms with Gasteiger partial charge in [0.25, 0.3) is 0 Å². The Morgan fingerprint density at radius 2 is 1.95 bits per heavy atom. The Kier molecular flexibility index (Phi) is 6.04. The topological polar surface area (TPSA) is 55.5 Å². The van der Waals surface area contributed by atoms with Crippen LogP contribution in [0.5, 0.6) is 5.75 Å². The van der Waals surface area contributed by atoms with E-state index in [0.717, 1.165) is 12.1 Å². The first kappa shape index (κ1) is 17.8. The zero-order valence-electron chi connectivity index (χ0n) is 12.4. The molecule has 0 aliphatic rings. The van der Waals surface area contributed by atoms with Crippen molar-refractivity contribution in [2.24, 2.45) is 5.73 Å². The predicted molar refractivity (Wildman–Crippen MR) is 75.3 cm³/mol. The van der Waals surface area contributed by atoms with E-state index in [9.17, 15) is 18.3 Å². The fourth-order valence-electron chi connectivity index (χ4n) is 2.23. The number of halogens is 3. The van der Waals surface area contributed by atoms with Crippen molar-refractivity contribution >= 4 is 0 Å². The summed E-state index contributed by atoms with van der Waals surface area (Å²) in [4.78, 5) is 0. The van der Waals surface area contributed by atoms with Gasteiger partial charge in [-0.1, -0.05) is 13.8 Å². The summed E-state index contributed by atoms with van der Waals surface area (Å²) in [5.74, 6) is 0.0858. The zero-order valence-corrected chi connectivity index (χ0v) is 12.4. The summed E-state index contributed by atoms with van der Waals surface area (Å²) in [5.41, 5.74) is 5.45. The number of nitrogens with two attached hydrogens (primary N) is 1. The van der Waals surface area contributed by atoms with Gasteiger partial charge in [0.2, 0.25) is 0 Å². The van der Waals surface area contributed by atoms with Crippen LogP contribution in [-0.2, 0) is 6.18 Å². The number of ether oxygens (including phenoxy) is 1. The van der Waals surface area contributed by atoms with Crippen LogP contribution in [0.2, 0.25) is 0 Å². The molecule has 0 aliphatic carbocycles. The van der Waals surface area contributed by atoms with Gasteiger partial charge in [0.15, 0.2) is 0 Å². The third kappa shape index (κ3) is 4.61. The lowest BCUT2D eigenvalue weighted by molar-refractivity contribution is -0.137.